The lowest BCUT2D eigenvalue weighted by molar-refractivity contribution is 0.601. The van der Waals surface area contributed by atoms with Gasteiger partial charge in [0.05, 0.1) is 0 Å². The Labute approximate surface area is 105 Å². The molecule has 2 aromatic heterocycles. The summed E-state index contributed by atoms with van der Waals surface area (Å²) in [5, 5.41) is 0. The molecule has 3 N–H and O–H groups in total. The van der Waals surface area contributed by atoms with Crippen molar-refractivity contribution in [3.63, 3.8) is 0 Å². The summed E-state index contributed by atoms with van der Waals surface area (Å²) in [5.74, 6) is 0.205. The molecule has 2 rings (SSSR count). The van der Waals surface area contributed by atoms with E-state index in [4.69, 9.17) is 5.73 Å². The fourth-order valence-electron chi connectivity index (χ4n) is 1.41. The van der Waals surface area contributed by atoms with Crippen molar-refractivity contribution in [1.82, 2.24) is 9.97 Å². The zero-order valence-electron chi connectivity index (χ0n) is 9.66. The Bertz CT molecular complexity index is 670. The van der Waals surface area contributed by atoms with Gasteiger partial charge in [-0.05, 0) is 36.8 Å². The maximum Gasteiger partial charge on any atom is 0.266 e. The van der Waals surface area contributed by atoms with Crippen molar-refractivity contribution in [3.05, 3.63) is 42.2 Å². The number of pyridine rings is 2. The first-order chi connectivity index (χ1) is 8.49. The molecule has 18 heavy (non-hydrogen) atoms. The third-order valence-electron chi connectivity index (χ3n) is 2.24. The van der Waals surface area contributed by atoms with Gasteiger partial charge >= 0.3 is 0 Å². The van der Waals surface area contributed by atoms with Crippen LogP contribution in [0.15, 0.2) is 41.6 Å². The maximum atomic E-state index is 12.1. The number of nitrogen functional groups attached to an aromatic ring is 1. The second kappa shape index (κ2) is 4.61. The summed E-state index contributed by atoms with van der Waals surface area (Å²) in [6.07, 6.45) is 2.96. The molecular formula is C11H12N4O2S. The van der Waals surface area contributed by atoms with E-state index in [1.165, 1.54) is 24.5 Å². The average Bonchev–Trinajstić information content (AvgIpc) is 2.28. The van der Waals surface area contributed by atoms with Gasteiger partial charge in [0.15, 0.2) is 0 Å². The van der Waals surface area contributed by atoms with Crippen LogP contribution in [0.25, 0.3) is 0 Å². The summed E-state index contributed by atoms with van der Waals surface area (Å²) < 4.78 is 26.5. The highest BCUT2D eigenvalue weighted by Gasteiger charge is 2.18. The lowest BCUT2D eigenvalue weighted by Crippen LogP contribution is -2.16. The van der Waals surface area contributed by atoms with Crippen LogP contribution in [0.1, 0.15) is 5.56 Å². The first kappa shape index (κ1) is 12.3. The minimum atomic E-state index is -3.76. The molecule has 0 aromatic carbocycles. The Morgan fingerprint density at radius 1 is 1.22 bits per heavy atom. The monoisotopic (exact) mass is 264 g/mol. The molecule has 0 amide bonds. The Balaban J connectivity index is 2.37. The minimum Gasteiger partial charge on any atom is -0.383 e. The van der Waals surface area contributed by atoms with Crippen molar-refractivity contribution in [1.29, 1.82) is 0 Å². The van der Waals surface area contributed by atoms with Gasteiger partial charge in [0.1, 0.15) is 16.5 Å². The molecular weight excluding hydrogens is 252 g/mol. The highest BCUT2D eigenvalue weighted by atomic mass is 32.2. The molecule has 0 aliphatic heterocycles. The standard InChI is InChI=1S/C11H12N4O2S/c1-8-4-6-13-10(7-8)15-18(16,17)9-3-2-5-14-11(9)12/h2-7H,1H3,(H2,12,14)(H,13,15). The number of nitrogens with two attached hydrogens (primary N) is 1. The summed E-state index contributed by atoms with van der Waals surface area (Å²) in [6.45, 7) is 1.85. The molecule has 0 fully saturated rings. The van der Waals surface area contributed by atoms with Crippen LogP contribution in [-0.4, -0.2) is 18.4 Å². The molecule has 0 saturated heterocycles. The molecule has 94 valence electrons. The number of nitrogens with one attached hydrogen (secondary N) is 1. The zero-order chi connectivity index (χ0) is 13.2. The van der Waals surface area contributed by atoms with Crippen molar-refractivity contribution >= 4 is 21.7 Å². The maximum absolute atomic E-state index is 12.1. The molecule has 7 heteroatoms. The first-order valence-electron chi connectivity index (χ1n) is 5.15. The number of aromatic nitrogens is 2. The van der Waals surface area contributed by atoms with Crippen LogP contribution in [0.5, 0.6) is 0 Å². The van der Waals surface area contributed by atoms with Gasteiger partial charge in [-0.3, -0.25) is 4.72 Å². The topological polar surface area (TPSA) is 98.0 Å². The van der Waals surface area contributed by atoms with E-state index in [1.54, 1.807) is 12.1 Å². The molecule has 0 aliphatic carbocycles. The van der Waals surface area contributed by atoms with E-state index in [-0.39, 0.29) is 16.5 Å². The van der Waals surface area contributed by atoms with E-state index >= 15 is 0 Å². The van der Waals surface area contributed by atoms with Crippen LogP contribution in [0.4, 0.5) is 11.6 Å². The molecule has 0 aliphatic rings. The van der Waals surface area contributed by atoms with Crippen LogP contribution in [0.3, 0.4) is 0 Å². The van der Waals surface area contributed by atoms with Crippen LogP contribution >= 0.6 is 0 Å². The number of hydrogen-bond acceptors (Lipinski definition) is 5. The largest absolute Gasteiger partial charge is 0.383 e. The van der Waals surface area contributed by atoms with Crippen molar-refractivity contribution < 1.29 is 8.42 Å². The smallest absolute Gasteiger partial charge is 0.266 e. The second-order valence-corrected chi connectivity index (χ2v) is 5.36. The van der Waals surface area contributed by atoms with E-state index < -0.39 is 10.0 Å². The van der Waals surface area contributed by atoms with Crippen molar-refractivity contribution in [2.45, 2.75) is 11.8 Å². The van der Waals surface area contributed by atoms with Gasteiger partial charge in [-0.25, -0.2) is 18.4 Å². The fourth-order valence-corrected chi connectivity index (χ4v) is 2.50. The van der Waals surface area contributed by atoms with Gasteiger partial charge in [-0.2, -0.15) is 0 Å². The second-order valence-electron chi connectivity index (χ2n) is 3.71. The Morgan fingerprint density at radius 2 is 2.00 bits per heavy atom. The van der Waals surface area contributed by atoms with Crippen LogP contribution in [0.2, 0.25) is 0 Å². The highest BCUT2D eigenvalue weighted by molar-refractivity contribution is 7.92. The number of aryl methyl sites for hydroxylation is 1. The number of rotatable bonds is 3. The normalized spacial score (nSPS) is 11.2. The lowest BCUT2D eigenvalue weighted by Gasteiger charge is -2.08. The number of sulfonamides is 1. The molecule has 2 aromatic rings. The van der Waals surface area contributed by atoms with Gasteiger partial charge in [0.25, 0.3) is 10.0 Å². The van der Waals surface area contributed by atoms with E-state index in [1.807, 2.05) is 6.92 Å². The highest BCUT2D eigenvalue weighted by Crippen LogP contribution is 2.18. The summed E-state index contributed by atoms with van der Waals surface area (Å²) in [4.78, 5) is 7.61. The average molecular weight is 264 g/mol. The molecule has 0 spiro atoms. The van der Waals surface area contributed by atoms with Crippen molar-refractivity contribution in [2.75, 3.05) is 10.5 Å². The van der Waals surface area contributed by atoms with Crippen LogP contribution in [-0.2, 0) is 10.0 Å². The van der Waals surface area contributed by atoms with E-state index in [9.17, 15) is 8.42 Å². The molecule has 0 unspecified atom stereocenters. The molecule has 0 atom stereocenters. The summed E-state index contributed by atoms with van der Waals surface area (Å²) in [5.41, 5.74) is 6.44. The Morgan fingerprint density at radius 3 is 2.67 bits per heavy atom. The predicted molar refractivity (Wildman–Crippen MR) is 68.4 cm³/mol. The third kappa shape index (κ3) is 2.57. The number of hydrogen-bond donors (Lipinski definition) is 2. The molecule has 0 radical (unpaired) electrons. The third-order valence-corrected chi connectivity index (χ3v) is 3.65. The quantitative estimate of drug-likeness (QED) is 0.867. The number of nitrogens with zero attached hydrogens (tertiary/aromatic N) is 2. The van der Waals surface area contributed by atoms with Gasteiger partial charge < -0.3 is 5.73 Å². The fraction of sp³-hybridized carbons (Fsp3) is 0.0909. The van der Waals surface area contributed by atoms with Crippen LogP contribution in [0, 0.1) is 6.92 Å². The Kier molecular flexibility index (Phi) is 3.15. The van der Waals surface area contributed by atoms with Gasteiger partial charge in [-0.1, -0.05) is 0 Å². The molecule has 0 saturated carbocycles. The van der Waals surface area contributed by atoms with Gasteiger partial charge in [0, 0.05) is 12.4 Å². The first-order valence-corrected chi connectivity index (χ1v) is 6.63. The van der Waals surface area contributed by atoms with E-state index in [0.717, 1.165) is 5.56 Å². The number of anilines is 2. The van der Waals surface area contributed by atoms with Gasteiger partial charge in [-0.15, -0.1) is 0 Å². The predicted octanol–water partition coefficient (Wildman–Crippen LogP) is 1.17. The SMILES string of the molecule is Cc1ccnc(NS(=O)(=O)c2cccnc2N)c1. The van der Waals surface area contributed by atoms with Crippen molar-refractivity contribution in [2.24, 2.45) is 0 Å². The summed E-state index contributed by atoms with van der Waals surface area (Å²) in [7, 11) is -3.76. The van der Waals surface area contributed by atoms with Crippen LogP contribution < -0.4 is 10.5 Å². The van der Waals surface area contributed by atoms with Crippen molar-refractivity contribution in [3.8, 4) is 0 Å². The molecule has 6 nitrogen and oxygen atoms in total. The molecule has 2 heterocycles. The Hall–Kier alpha value is -2.15. The lowest BCUT2D eigenvalue weighted by atomic mass is 10.3. The van der Waals surface area contributed by atoms with E-state index in [0.29, 0.717) is 0 Å². The summed E-state index contributed by atoms with van der Waals surface area (Å²) in [6, 6.07) is 6.30. The van der Waals surface area contributed by atoms with Gasteiger partial charge in [0.2, 0.25) is 0 Å². The van der Waals surface area contributed by atoms with E-state index in [2.05, 4.69) is 14.7 Å². The molecule has 0 bridgehead atoms. The minimum absolute atomic E-state index is 0.0438. The zero-order valence-corrected chi connectivity index (χ0v) is 10.5. The summed E-state index contributed by atoms with van der Waals surface area (Å²) >= 11 is 0.